The van der Waals surface area contributed by atoms with Gasteiger partial charge in [0.1, 0.15) is 11.6 Å². The number of aromatic nitrogens is 2. The number of nitrogens with zero attached hydrogens (tertiary/aromatic N) is 2. The summed E-state index contributed by atoms with van der Waals surface area (Å²) in [7, 11) is 0. The van der Waals surface area contributed by atoms with Gasteiger partial charge in [-0.15, -0.1) is 0 Å². The zero-order valence-corrected chi connectivity index (χ0v) is 11.4. The minimum Gasteiger partial charge on any atom is -0.384 e. The van der Waals surface area contributed by atoms with Crippen LogP contribution in [0.25, 0.3) is 0 Å². The SMILES string of the molecule is CCC(C(=O)NCc1nccc(N)n1)c1ccccc1. The molecule has 0 aliphatic carbocycles. The Morgan fingerprint density at radius 3 is 2.70 bits per heavy atom. The maximum Gasteiger partial charge on any atom is 0.227 e. The predicted octanol–water partition coefficient (Wildman–Crippen LogP) is 1.87. The Morgan fingerprint density at radius 2 is 2.05 bits per heavy atom. The van der Waals surface area contributed by atoms with E-state index in [1.165, 1.54) is 0 Å². The van der Waals surface area contributed by atoms with E-state index < -0.39 is 0 Å². The van der Waals surface area contributed by atoms with Crippen LogP contribution < -0.4 is 11.1 Å². The van der Waals surface area contributed by atoms with Crippen LogP contribution >= 0.6 is 0 Å². The van der Waals surface area contributed by atoms with Crippen LogP contribution in [0.2, 0.25) is 0 Å². The summed E-state index contributed by atoms with van der Waals surface area (Å²) in [6.07, 6.45) is 2.33. The second-order valence-electron chi connectivity index (χ2n) is 4.49. The highest BCUT2D eigenvalue weighted by Gasteiger charge is 2.18. The smallest absolute Gasteiger partial charge is 0.227 e. The van der Waals surface area contributed by atoms with Gasteiger partial charge in [-0.25, -0.2) is 9.97 Å². The molecule has 0 aliphatic rings. The minimum atomic E-state index is -0.155. The zero-order valence-electron chi connectivity index (χ0n) is 11.4. The minimum absolute atomic E-state index is 0.0234. The molecule has 0 radical (unpaired) electrons. The van der Waals surface area contributed by atoms with Crippen molar-refractivity contribution in [1.82, 2.24) is 15.3 Å². The second kappa shape index (κ2) is 6.65. The molecule has 1 unspecified atom stereocenters. The van der Waals surface area contributed by atoms with Crippen molar-refractivity contribution in [2.24, 2.45) is 0 Å². The van der Waals surface area contributed by atoms with Gasteiger partial charge >= 0.3 is 0 Å². The van der Waals surface area contributed by atoms with E-state index in [0.29, 0.717) is 11.6 Å². The fourth-order valence-corrected chi connectivity index (χ4v) is 2.05. The molecule has 0 aliphatic heterocycles. The standard InChI is InChI=1S/C15H18N4O/c1-2-12(11-6-4-3-5-7-11)15(20)18-10-14-17-9-8-13(16)19-14/h3-9,12H,2,10H2,1H3,(H,18,20)(H2,16,17,19). The number of benzene rings is 1. The Kier molecular flexibility index (Phi) is 4.65. The highest BCUT2D eigenvalue weighted by Crippen LogP contribution is 2.19. The number of hydrogen-bond donors (Lipinski definition) is 2. The van der Waals surface area contributed by atoms with Crippen LogP contribution in [0, 0.1) is 0 Å². The first kappa shape index (κ1) is 14.0. The quantitative estimate of drug-likeness (QED) is 0.869. The molecule has 104 valence electrons. The number of nitrogens with two attached hydrogens (primary N) is 1. The summed E-state index contributed by atoms with van der Waals surface area (Å²) < 4.78 is 0. The van der Waals surface area contributed by atoms with E-state index in [2.05, 4.69) is 15.3 Å². The van der Waals surface area contributed by atoms with E-state index in [-0.39, 0.29) is 18.4 Å². The van der Waals surface area contributed by atoms with E-state index in [1.807, 2.05) is 37.3 Å². The Morgan fingerprint density at radius 1 is 1.30 bits per heavy atom. The van der Waals surface area contributed by atoms with Crippen molar-refractivity contribution < 1.29 is 4.79 Å². The van der Waals surface area contributed by atoms with Crippen LogP contribution in [0.3, 0.4) is 0 Å². The molecule has 1 heterocycles. The highest BCUT2D eigenvalue weighted by atomic mass is 16.1. The molecular weight excluding hydrogens is 252 g/mol. The van der Waals surface area contributed by atoms with Crippen molar-refractivity contribution in [3.8, 4) is 0 Å². The van der Waals surface area contributed by atoms with Crippen molar-refractivity contribution in [2.45, 2.75) is 25.8 Å². The number of hydrogen-bond acceptors (Lipinski definition) is 4. The van der Waals surface area contributed by atoms with Crippen molar-refractivity contribution >= 4 is 11.7 Å². The van der Waals surface area contributed by atoms with Crippen LogP contribution in [0.1, 0.15) is 30.7 Å². The van der Waals surface area contributed by atoms with Gasteiger partial charge in [-0.05, 0) is 18.1 Å². The maximum atomic E-state index is 12.2. The Hall–Kier alpha value is -2.43. The lowest BCUT2D eigenvalue weighted by molar-refractivity contribution is -0.122. The first-order valence-electron chi connectivity index (χ1n) is 6.60. The molecule has 1 aromatic carbocycles. The van der Waals surface area contributed by atoms with Gasteiger partial charge in [0, 0.05) is 6.20 Å². The molecule has 0 saturated carbocycles. The predicted molar refractivity (Wildman–Crippen MR) is 77.8 cm³/mol. The third kappa shape index (κ3) is 3.54. The summed E-state index contributed by atoms with van der Waals surface area (Å²) in [4.78, 5) is 20.4. The van der Waals surface area contributed by atoms with Gasteiger partial charge in [0.25, 0.3) is 0 Å². The lowest BCUT2D eigenvalue weighted by atomic mass is 9.96. The summed E-state index contributed by atoms with van der Waals surface area (Å²) >= 11 is 0. The molecule has 2 aromatic rings. The second-order valence-corrected chi connectivity index (χ2v) is 4.49. The fourth-order valence-electron chi connectivity index (χ4n) is 2.05. The van der Waals surface area contributed by atoms with E-state index in [1.54, 1.807) is 12.3 Å². The average Bonchev–Trinajstić information content (AvgIpc) is 2.47. The molecule has 1 atom stereocenters. The zero-order chi connectivity index (χ0) is 14.4. The molecule has 0 bridgehead atoms. The van der Waals surface area contributed by atoms with Gasteiger partial charge < -0.3 is 11.1 Å². The summed E-state index contributed by atoms with van der Waals surface area (Å²) in [6.45, 7) is 2.28. The number of carbonyl (C=O) groups excluding carboxylic acids is 1. The van der Waals surface area contributed by atoms with E-state index in [4.69, 9.17) is 5.73 Å². The number of nitrogen functional groups attached to an aromatic ring is 1. The van der Waals surface area contributed by atoms with E-state index >= 15 is 0 Å². The molecule has 1 aromatic heterocycles. The summed E-state index contributed by atoms with van der Waals surface area (Å²) in [6, 6.07) is 11.4. The van der Waals surface area contributed by atoms with Gasteiger partial charge in [0.05, 0.1) is 12.5 Å². The van der Waals surface area contributed by atoms with Gasteiger partial charge in [0.2, 0.25) is 5.91 Å². The number of anilines is 1. The molecule has 0 fully saturated rings. The Bertz CT molecular complexity index is 571. The lowest BCUT2D eigenvalue weighted by Crippen LogP contribution is -2.29. The van der Waals surface area contributed by atoms with Crippen molar-refractivity contribution in [3.05, 3.63) is 54.0 Å². The number of carbonyl (C=O) groups is 1. The fraction of sp³-hybridized carbons (Fsp3) is 0.267. The molecule has 5 nitrogen and oxygen atoms in total. The van der Waals surface area contributed by atoms with Gasteiger partial charge in [0.15, 0.2) is 0 Å². The first-order chi connectivity index (χ1) is 9.70. The maximum absolute atomic E-state index is 12.2. The normalized spacial score (nSPS) is 11.8. The molecule has 2 rings (SSSR count). The third-order valence-corrected chi connectivity index (χ3v) is 3.07. The molecule has 3 N–H and O–H groups in total. The molecule has 20 heavy (non-hydrogen) atoms. The lowest BCUT2D eigenvalue weighted by Gasteiger charge is -2.15. The summed E-state index contributed by atoms with van der Waals surface area (Å²) in [5.41, 5.74) is 6.59. The molecule has 5 heteroatoms. The van der Waals surface area contributed by atoms with Crippen LogP contribution in [-0.2, 0) is 11.3 Å². The molecule has 0 saturated heterocycles. The van der Waals surface area contributed by atoms with Gasteiger partial charge in [-0.2, -0.15) is 0 Å². The number of nitrogens with one attached hydrogen (secondary N) is 1. The summed E-state index contributed by atoms with van der Waals surface area (Å²) in [5, 5.41) is 2.86. The highest BCUT2D eigenvalue weighted by molar-refractivity contribution is 5.83. The Balaban J connectivity index is 2.00. The van der Waals surface area contributed by atoms with E-state index in [9.17, 15) is 4.79 Å². The molecular formula is C15H18N4O. The van der Waals surface area contributed by atoms with Crippen molar-refractivity contribution in [1.29, 1.82) is 0 Å². The van der Waals surface area contributed by atoms with Crippen molar-refractivity contribution in [3.63, 3.8) is 0 Å². The van der Waals surface area contributed by atoms with Crippen molar-refractivity contribution in [2.75, 3.05) is 5.73 Å². The topological polar surface area (TPSA) is 80.9 Å². The number of amides is 1. The monoisotopic (exact) mass is 270 g/mol. The number of rotatable bonds is 5. The largest absolute Gasteiger partial charge is 0.384 e. The first-order valence-corrected chi connectivity index (χ1v) is 6.60. The molecule has 1 amide bonds. The van der Waals surface area contributed by atoms with Crippen LogP contribution in [0.15, 0.2) is 42.6 Å². The third-order valence-electron chi connectivity index (χ3n) is 3.07. The Labute approximate surface area is 118 Å². The van der Waals surface area contributed by atoms with Gasteiger partial charge in [-0.3, -0.25) is 4.79 Å². The summed E-state index contributed by atoms with van der Waals surface area (Å²) in [5.74, 6) is 0.739. The van der Waals surface area contributed by atoms with Gasteiger partial charge in [-0.1, -0.05) is 37.3 Å². The average molecular weight is 270 g/mol. The molecule has 0 spiro atoms. The van der Waals surface area contributed by atoms with E-state index in [0.717, 1.165) is 12.0 Å². The van der Waals surface area contributed by atoms with Crippen LogP contribution in [0.5, 0.6) is 0 Å². The van der Waals surface area contributed by atoms with Crippen LogP contribution in [-0.4, -0.2) is 15.9 Å². The van der Waals surface area contributed by atoms with Crippen LogP contribution in [0.4, 0.5) is 5.82 Å².